The smallest absolute Gasteiger partial charge is 0.319 e. The Hall–Kier alpha value is -4.31. The number of hydrogen-bond donors (Lipinski definition) is 0. The predicted octanol–water partition coefficient (Wildman–Crippen LogP) is 3.94. The Balaban J connectivity index is 1.41. The van der Waals surface area contributed by atoms with Crippen LogP contribution >= 0.6 is 0 Å². The van der Waals surface area contributed by atoms with E-state index in [2.05, 4.69) is 32.6 Å². The highest BCUT2D eigenvalue weighted by Gasteiger charge is 2.34. The maximum Gasteiger partial charge on any atom is 0.319 e. The summed E-state index contributed by atoms with van der Waals surface area (Å²) >= 11 is 0. The largest absolute Gasteiger partial charge is 0.462 e. The van der Waals surface area contributed by atoms with Gasteiger partial charge < -0.3 is 14.5 Å². The van der Waals surface area contributed by atoms with E-state index in [0.717, 1.165) is 36.8 Å². The van der Waals surface area contributed by atoms with Gasteiger partial charge in [0, 0.05) is 56.4 Å². The van der Waals surface area contributed by atoms with Crippen molar-refractivity contribution in [3.8, 4) is 23.3 Å². The molecule has 2 saturated heterocycles. The lowest BCUT2D eigenvalue weighted by atomic mass is 9.89. The second kappa shape index (κ2) is 12.4. The van der Waals surface area contributed by atoms with Crippen LogP contribution in [0.15, 0.2) is 31.0 Å². The van der Waals surface area contributed by atoms with E-state index < -0.39 is 29.8 Å². The van der Waals surface area contributed by atoms with Crippen LogP contribution in [0.2, 0.25) is 0 Å². The number of halogens is 3. The molecule has 3 aromatic rings. The number of amides is 1. The molecule has 44 heavy (non-hydrogen) atoms. The zero-order chi connectivity index (χ0) is 31.0. The Morgan fingerprint density at radius 3 is 2.73 bits per heavy atom. The quantitative estimate of drug-likeness (QED) is 0.369. The molecule has 0 N–H and O–H groups in total. The summed E-state index contributed by atoms with van der Waals surface area (Å²) in [4.78, 5) is 35.4. The molecule has 1 amide bonds. The van der Waals surface area contributed by atoms with E-state index >= 15 is 4.39 Å². The van der Waals surface area contributed by atoms with Gasteiger partial charge in [-0.2, -0.15) is 15.2 Å². The fourth-order valence-corrected chi connectivity index (χ4v) is 6.51. The average Bonchev–Trinajstić information content (AvgIpc) is 3.35. The number of aromatic nitrogens is 4. The van der Waals surface area contributed by atoms with Gasteiger partial charge in [0.15, 0.2) is 11.6 Å². The molecule has 2 fully saturated rings. The minimum absolute atomic E-state index is 0.000896. The van der Waals surface area contributed by atoms with Crippen molar-refractivity contribution in [2.45, 2.75) is 56.8 Å². The Kier molecular flexibility index (Phi) is 8.35. The minimum Gasteiger partial charge on any atom is -0.462 e. The summed E-state index contributed by atoms with van der Waals surface area (Å²) in [7, 11) is 1.81. The van der Waals surface area contributed by atoms with E-state index in [4.69, 9.17) is 4.74 Å². The van der Waals surface area contributed by atoms with Crippen LogP contribution in [0.25, 0.3) is 22.2 Å². The number of hydrogen-bond acceptors (Lipinski definition) is 9. The van der Waals surface area contributed by atoms with Gasteiger partial charge in [0.05, 0.1) is 23.9 Å². The van der Waals surface area contributed by atoms with E-state index in [1.165, 1.54) is 11.1 Å². The number of ether oxygens (including phenoxy) is 1. The number of carbonyl (C=O) groups excluding carboxylic acids is 1. The highest BCUT2D eigenvalue weighted by atomic mass is 19.1. The van der Waals surface area contributed by atoms with Crippen LogP contribution in [0.1, 0.15) is 36.8 Å². The first-order valence-corrected chi connectivity index (χ1v) is 14.8. The standard InChI is InChI=1S/C31H33F3N8O2/c1-18(32)30(43)42-10-9-41(16-21(42)7-8-35)29-25-14-37-27(24-13-36-12-19-5-3-4-6-23(19)24)26(34)28(25)38-31(39-29)44-17-22-11-20(33)15-40(22)2/h12-14,20-22H,1,3-7,9-11,15-17H2,2H3/t20-,21+,22+/m1/s1. The SMILES string of the molecule is C=C(F)C(=O)N1CCN(c2nc(OC[C@@H]3C[C@@H](F)CN3C)nc3c(F)c(-c4cncc5c4CCCC5)ncc23)C[C@@H]1CC#N. The fraction of sp³-hybridized carbons (Fsp3) is 0.484. The molecule has 3 aromatic heterocycles. The first-order chi connectivity index (χ1) is 21.2. The number of piperazine rings is 1. The van der Waals surface area contributed by atoms with Gasteiger partial charge in [-0.1, -0.05) is 6.58 Å². The molecule has 13 heteroatoms. The van der Waals surface area contributed by atoms with Crippen LogP contribution in [0, 0.1) is 17.1 Å². The van der Waals surface area contributed by atoms with Crippen LogP contribution in [0.5, 0.6) is 6.01 Å². The Morgan fingerprint density at radius 1 is 1.16 bits per heavy atom. The summed E-state index contributed by atoms with van der Waals surface area (Å²) in [5, 5.41) is 9.76. The highest BCUT2D eigenvalue weighted by molar-refractivity contribution is 5.93. The maximum atomic E-state index is 16.5. The number of anilines is 1. The molecular weight excluding hydrogens is 573 g/mol. The second-order valence-corrected chi connectivity index (χ2v) is 11.6. The van der Waals surface area contributed by atoms with Crippen molar-refractivity contribution in [2.24, 2.45) is 0 Å². The van der Waals surface area contributed by atoms with Crippen molar-refractivity contribution in [3.63, 3.8) is 0 Å². The third kappa shape index (κ3) is 5.66. The molecule has 0 bridgehead atoms. The van der Waals surface area contributed by atoms with Crippen LogP contribution < -0.4 is 9.64 Å². The number of rotatable bonds is 7. The number of likely N-dealkylation sites (N-methyl/N-ethyl adjacent to an activating group) is 1. The summed E-state index contributed by atoms with van der Waals surface area (Å²) in [5.41, 5.74) is 2.87. The van der Waals surface area contributed by atoms with Crippen molar-refractivity contribution in [1.82, 2.24) is 29.7 Å². The second-order valence-electron chi connectivity index (χ2n) is 11.6. The molecule has 0 unspecified atom stereocenters. The van der Waals surface area contributed by atoms with Gasteiger partial charge in [-0.05, 0) is 50.3 Å². The van der Waals surface area contributed by atoms with Gasteiger partial charge in [-0.15, -0.1) is 0 Å². The molecule has 2 aliphatic heterocycles. The van der Waals surface area contributed by atoms with Crippen molar-refractivity contribution in [3.05, 3.63) is 47.9 Å². The van der Waals surface area contributed by atoms with E-state index in [1.54, 1.807) is 11.1 Å². The number of nitrogens with zero attached hydrogens (tertiary/aromatic N) is 8. The van der Waals surface area contributed by atoms with E-state index in [0.29, 0.717) is 29.7 Å². The first kappa shape index (κ1) is 29.7. The first-order valence-electron chi connectivity index (χ1n) is 14.8. The molecule has 0 aromatic carbocycles. The summed E-state index contributed by atoms with van der Waals surface area (Å²) in [6.07, 6.45) is 7.98. The molecule has 0 radical (unpaired) electrons. The van der Waals surface area contributed by atoms with Gasteiger partial charge >= 0.3 is 6.01 Å². The van der Waals surface area contributed by atoms with Gasteiger partial charge in [0.1, 0.15) is 29.8 Å². The topological polar surface area (TPSA) is 111 Å². The fourth-order valence-electron chi connectivity index (χ4n) is 6.51. The van der Waals surface area contributed by atoms with Crippen molar-refractivity contribution < 1.29 is 22.7 Å². The van der Waals surface area contributed by atoms with Crippen molar-refractivity contribution >= 4 is 22.6 Å². The van der Waals surface area contributed by atoms with Gasteiger partial charge in [-0.3, -0.25) is 19.7 Å². The van der Waals surface area contributed by atoms with Crippen molar-refractivity contribution in [1.29, 1.82) is 5.26 Å². The van der Waals surface area contributed by atoms with Crippen molar-refractivity contribution in [2.75, 3.05) is 44.7 Å². The molecule has 3 atom stereocenters. The number of likely N-dealkylation sites (tertiary alicyclic amines) is 1. The lowest BCUT2D eigenvalue weighted by molar-refractivity contribution is -0.131. The third-order valence-electron chi connectivity index (χ3n) is 8.81. The Morgan fingerprint density at radius 2 is 1.98 bits per heavy atom. The summed E-state index contributed by atoms with van der Waals surface area (Å²) in [6.45, 7) is 3.97. The maximum absolute atomic E-state index is 16.5. The summed E-state index contributed by atoms with van der Waals surface area (Å²) in [6, 6.07) is 1.12. The zero-order valence-electron chi connectivity index (χ0n) is 24.5. The molecule has 230 valence electrons. The summed E-state index contributed by atoms with van der Waals surface area (Å²) < 4.78 is 50.2. The van der Waals surface area contributed by atoms with Crippen LogP contribution in [-0.4, -0.2) is 93.7 Å². The molecule has 1 aliphatic carbocycles. The zero-order valence-corrected chi connectivity index (χ0v) is 24.5. The molecule has 0 spiro atoms. The van der Waals surface area contributed by atoms with Gasteiger partial charge in [0.2, 0.25) is 0 Å². The van der Waals surface area contributed by atoms with Crippen LogP contribution in [0.4, 0.5) is 19.0 Å². The number of aryl methyl sites for hydroxylation is 1. The van der Waals surface area contributed by atoms with Crippen LogP contribution in [-0.2, 0) is 17.6 Å². The molecule has 0 saturated carbocycles. The molecule has 6 rings (SSSR count). The van der Waals surface area contributed by atoms with Crippen LogP contribution in [0.3, 0.4) is 0 Å². The predicted molar refractivity (Wildman–Crippen MR) is 157 cm³/mol. The third-order valence-corrected chi connectivity index (χ3v) is 8.81. The lowest BCUT2D eigenvalue weighted by Gasteiger charge is -2.41. The normalized spacial score (nSPS) is 22.1. The lowest BCUT2D eigenvalue weighted by Crippen LogP contribution is -2.55. The number of nitriles is 1. The Bertz CT molecular complexity index is 1650. The Labute approximate surface area is 253 Å². The number of pyridine rings is 2. The van der Waals surface area contributed by atoms with E-state index in [-0.39, 0.29) is 55.9 Å². The number of carbonyl (C=O) groups is 1. The number of alkyl halides is 1. The summed E-state index contributed by atoms with van der Waals surface area (Å²) in [5.74, 6) is -2.30. The van der Waals surface area contributed by atoms with Gasteiger partial charge in [-0.25, -0.2) is 13.2 Å². The molecule has 5 heterocycles. The van der Waals surface area contributed by atoms with E-state index in [1.807, 2.05) is 18.1 Å². The monoisotopic (exact) mass is 606 g/mol. The van der Waals surface area contributed by atoms with E-state index in [9.17, 15) is 18.8 Å². The van der Waals surface area contributed by atoms with Gasteiger partial charge in [0.25, 0.3) is 5.91 Å². The molecular formula is C31H33F3N8O2. The highest BCUT2D eigenvalue weighted by Crippen LogP contribution is 2.36. The average molecular weight is 607 g/mol. The molecule has 3 aliphatic rings. The number of fused-ring (bicyclic) bond motifs is 2. The molecule has 10 nitrogen and oxygen atoms in total. The minimum atomic E-state index is -1.10.